The van der Waals surface area contributed by atoms with Gasteiger partial charge in [-0.1, -0.05) is 36.4 Å². The number of ether oxygens (including phenoxy) is 1. The second kappa shape index (κ2) is 6.71. The minimum absolute atomic E-state index is 0.381. The molecule has 1 amide bonds. The highest BCUT2D eigenvalue weighted by Crippen LogP contribution is 2.51. The number of nitrogens with zero attached hydrogens (tertiary/aromatic N) is 1. The number of methoxy groups -OCH3 is 1. The lowest BCUT2D eigenvalue weighted by Crippen LogP contribution is -2.64. The number of hydrogen-bond donors (Lipinski definition) is 0. The summed E-state index contributed by atoms with van der Waals surface area (Å²) in [6, 6.07) is 10.6. The van der Waals surface area contributed by atoms with Crippen LogP contribution < -0.4 is 0 Å². The van der Waals surface area contributed by atoms with Gasteiger partial charge in [-0.15, -0.1) is 0 Å². The smallest absolute Gasteiger partial charge is 0.327 e. The first-order valence-electron chi connectivity index (χ1n) is 7.96. The van der Waals surface area contributed by atoms with Crippen molar-refractivity contribution in [2.24, 2.45) is 5.41 Å². The molecule has 0 N–H and O–H groups in total. The Morgan fingerprint density at radius 2 is 1.62 bits per heavy atom. The SMILES string of the molecule is COC(=O)[C@]1(/C=C/c2ccc(F)cc2)C(=O)N(C)[C@@H]1c1ccc(F)cc1. The van der Waals surface area contributed by atoms with E-state index in [1.165, 1.54) is 66.6 Å². The molecule has 0 saturated carbocycles. The zero-order valence-electron chi connectivity index (χ0n) is 14.3. The van der Waals surface area contributed by atoms with E-state index in [4.69, 9.17) is 4.74 Å². The van der Waals surface area contributed by atoms with E-state index in [1.54, 1.807) is 13.1 Å². The predicted octanol–water partition coefficient (Wildman–Crippen LogP) is 3.35. The first kappa shape index (κ1) is 17.8. The standard InChI is InChI=1S/C20H17F2NO3/c1-23-17(14-5-9-16(22)10-6-14)20(18(23)24,19(25)26-2)12-11-13-3-7-15(21)8-4-13/h3-12,17H,1-2H3/b12-11+/t17-,20+/m1/s1. The van der Waals surface area contributed by atoms with Gasteiger partial charge < -0.3 is 9.64 Å². The zero-order valence-corrected chi connectivity index (χ0v) is 14.3. The largest absolute Gasteiger partial charge is 0.468 e. The third kappa shape index (κ3) is 2.77. The van der Waals surface area contributed by atoms with Crippen molar-refractivity contribution in [3.8, 4) is 0 Å². The van der Waals surface area contributed by atoms with Gasteiger partial charge in [-0.25, -0.2) is 8.78 Å². The van der Waals surface area contributed by atoms with E-state index < -0.39 is 29.2 Å². The molecule has 1 saturated heterocycles. The molecule has 0 spiro atoms. The maximum atomic E-state index is 13.2. The summed E-state index contributed by atoms with van der Waals surface area (Å²) in [5.41, 5.74) is -0.298. The Kier molecular flexibility index (Phi) is 4.59. The van der Waals surface area contributed by atoms with E-state index in [9.17, 15) is 18.4 Å². The fourth-order valence-electron chi connectivity index (χ4n) is 3.30. The maximum absolute atomic E-state index is 13.2. The highest BCUT2D eigenvalue weighted by atomic mass is 19.1. The van der Waals surface area contributed by atoms with Crippen molar-refractivity contribution in [1.82, 2.24) is 4.90 Å². The predicted molar refractivity (Wildman–Crippen MR) is 91.8 cm³/mol. The monoisotopic (exact) mass is 357 g/mol. The number of hydrogen-bond acceptors (Lipinski definition) is 3. The molecule has 1 aliphatic heterocycles. The van der Waals surface area contributed by atoms with Crippen molar-refractivity contribution in [3.05, 3.63) is 77.4 Å². The van der Waals surface area contributed by atoms with Gasteiger partial charge in [-0.2, -0.15) is 0 Å². The van der Waals surface area contributed by atoms with Crippen LogP contribution in [0.3, 0.4) is 0 Å². The second-order valence-electron chi connectivity index (χ2n) is 6.12. The molecule has 1 fully saturated rings. The van der Waals surface area contributed by atoms with E-state index in [2.05, 4.69) is 0 Å². The van der Waals surface area contributed by atoms with Gasteiger partial charge >= 0.3 is 5.97 Å². The van der Waals surface area contributed by atoms with Crippen molar-refractivity contribution in [1.29, 1.82) is 0 Å². The van der Waals surface area contributed by atoms with Gasteiger partial charge in [0.1, 0.15) is 11.6 Å². The van der Waals surface area contributed by atoms with Crippen LogP contribution in [0.2, 0.25) is 0 Å². The van der Waals surface area contributed by atoms with Crippen molar-refractivity contribution >= 4 is 18.0 Å². The number of β-lactam (4-membered cyclic amide) rings is 1. The highest BCUT2D eigenvalue weighted by molar-refractivity contribution is 6.11. The number of benzene rings is 2. The van der Waals surface area contributed by atoms with Crippen LogP contribution >= 0.6 is 0 Å². The molecule has 0 radical (unpaired) electrons. The summed E-state index contributed by atoms with van der Waals surface area (Å²) in [6.45, 7) is 0. The van der Waals surface area contributed by atoms with Crippen molar-refractivity contribution < 1.29 is 23.1 Å². The van der Waals surface area contributed by atoms with Crippen molar-refractivity contribution in [3.63, 3.8) is 0 Å². The van der Waals surface area contributed by atoms with Crippen molar-refractivity contribution in [2.45, 2.75) is 6.04 Å². The Morgan fingerprint density at radius 1 is 1.08 bits per heavy atom. The van der Waals surface area contributed by atoms with Gasteiger partial charge in [-0.05, 0) is 35.4 Å². The third-order valence-electron chi connectivity index (χ3n) is 4.61. The average Bonchev–Trinajstić information content (AvgIpc) is 2.66. The fraction of sp³-hybridized carbons (Fsp3) is 0.200. The molecular weight excluding hydrogens is 340 g/mol. The molecule has 2 aromatic rings. The van der Waals surface area contributed by atoms with Gasteiger partial charge in [0.25, 0.3) is 0 Å². The van der Waals surface area contributed by atoms with Crippen LogP contribution in [0.4, 0.5) is 8.78 Å². The summed E-state index contributed by atoms with van der Waals surface area (Å²) in [6.07, 6.45) is 3.06. The molecule has 0 aliphatic carbocycles. The molecule has 134 valence electrons. The Hall–Kier alpha value is -3.02. The number of amides is 1. The van der Waals surface area contributed by atoms with Crippen LogP contribution in [0.25, 0.3) is 6.08 Å². The Morgan fingerprint density at radius 3 is 2.15 bits per heavy atom. The molecule has 0 unspecified atom stereocenters. The van der Waals surface area contributed by atoms with Crippen molar-refractivity contribution in [2.75, 3.05) is 14.2 Å². The lowest BCUT2D eigenvalue weighted by Gasteiger charge is -2.51. The van der Waals surface area contributed by atoms with Crippen LogP contribution in [0.15, 0.2) is 54.6 Å². The first-order chi connectivity index (χ1) is 12.4. The molecule has 0 aromatic heterocycles. The average molecular weight is 357 g/mol. The Bertz CT molecular complexity index is 852. The molecule has 6 heteroatoms. The quantitative estimate of drug-likeness (QED) is 0.479. The summed E-state index contributed by atoms with van der Waals surface area (Å²) in [5.74, 6) is -1.91. The van der Waals surface area contributed by atoms with E-state index in [-0.39, 0.29) is 5.82 Å². The summed E-state index contributed by atoms with van der Waals surface area (Å²) in [7, 11) is 2.78. The summed E-state index contributed by atoms with van der Waals surface area (Å²) in [4.78, 5) is 26.6. The van der Waals surface area contributed by atoms with Gasteiger partial charge in [-0.3, -0.25) is 9.59 Å². The lowest BCUT2D eigenvalue weighted by atomic mass is 9.67. The number of carbonyl (C=O) groups excluding carboxylic acids is 2. The van der Waals surface area contributed by atoms with Crippen LogP contribution in [0.1, 0.15) is 17.2 Å². The molecule has 1 heterocycles. The number of halogens is 2. The molecule has 3 rings (SSSR count). The molecule has 1 aliphatic rings. The lowest BCUT2D eigenvalue weighted by molar-refractivity contribution is -0.180. The Balaban J connectivity index is 2.04. The minimum atomic E-state index is -1.55. The molecule has 0 bridgehead atoms. The van der Waals surface area contributed by atoms with E-state index in [0.717, 1.165) is 0 Å². The third-order valence-corrected chi connectivity index (χ3v) is 4.61. The second-order valence-corrected chi connectivity index (χ2v) is 6.12. The number of carbonyl (C=O) groups is 2. The zero-order chi connectivity index (χ0) is 18.9. The van der Waals surface area contributed by atoms with E-state index >= 15 is 0 Å². The topological polar surface area (TPSA) is 46.6 Å². The minimum Gasteiger partial charge on any atom is -0.468 e. The Labute approximate surface area is 149 Å². The maximum Gasteiger partial charge on any atom is 0.327 e. The van der Waals surface area contributed by atoms with Crippen LogP contribution in [0.5, 0.6) is 0 Å². The molecule has 2 atom stereocenters. The molecular formula is C20H17F2NO3. The van der Waals surface area contributed by atoms with E-state index in [1.807, 2.05) is 0 Å². The highest BCUT2D eigenvalue weighted by Gasteiger charge is 2.64. The van der Waals surface area contributed by atoms with Crippen LogP contribution in [-0.2, 0) is 14.3 Å². The number of rotatable bonds is 4. The number of likely N-dealkylation sites (tertiary alicyclic amines) is 1. The summed E-state index contributed by atoms with van der Waals surface area (Å²) in [5, 5.41) is 0. The van der Waals surface area contributed by atoms with Gasteiger partial charge in [0.2, 0.25) is 5.91 Å². The van der Waals surface area contributed by atoms with Gasteiger partial charge in [0.05, 0.1) is 13.2 Å². The van der Waals surface area contributed by atoms with Crippen LogP contribution in [0, 0.1) is 17.0 Å². The van der Waals surface area contributed by atoms with Gasteiger partial charge in [0.15, 0.2) is 5.41 Å². The molecule has 4 nitrogen and oxygen atoms in total. The van der Waals surface area contributed by atoms with Gasteiger partial charge in [0, 0.05) is 7.05 Å². The number of esters is 1. The molecule has 2 aromatic carbocycles. The van der Waals surface area contributed by atoms with E-state index in [0.29, 0.717) is 11.1 Å². The normalized spacial score (nSPS) is 22.4. The summed E-state index contributed by atoms with van der Waals surface area (Å²) >= 11 is 0. The fourth-order valence-corrected chi connectivity index (χ4v) is 3.30. The first-order valence-corrected chi connectivity index (χ1v) is 7.96. The molecule has 26 heavy (non-hydrogen) atoms. The summed E-state index contributed by atoms with van der Waals surface area (Å²) < 4.78 is 31.2. The van der Waals surface area contributed by atoms with Crippen LogP contribution in [-0.4, -0.2) is 30.9 Å².